The van der Waals surface area contributed by atoms with Crippen molar-refractivity contribution < 1.29 is 22.3 Å². The molecule has 0 amide bonds. The third-order valence-electron chi connectivity index (χ3n) is 5.43. The highest BCUT2D eigenvalue weighted by Gasteiger charge is 2.32. The number of benzene rings is 1. The van der Waals surface area contributed by atoms with Crippen LogP contribution in [0.4, 0.5) is 16.2 Å². The van der Waals surface area contributed by atoms with E-state index >= 15 is 0 Å². The van der Waals surface area contributed by atoms with Crippen molar-refractivity contribution in [3.05, 3.63) is 35.8 Å². The van der Waals surface area contributed by atoms with Crippen LogP contribution in [0.1, 0.15) is 5.69 Å². The van der Waals surface area contributed by atoms with Gasteiger partial charge in [-0.2, -0.15) is 9.29 Å². The third kappa shape index (κ3) is 4.58. The lowest BCUT2D eigenvalue weighted by Gasteiger charge is -2.35. The first-order chi connectivity index (χ1) is 14.9. The summed E-state index contributed by atoms with van der Waals surface area (Å²) in [5.41, 5.74) is 0.853. The molecule has 4 rings (SSSR count). The molecule has 0 N–H and O–H groups in total. The monoisotopic (exact) mass is 451 g/mol. The summed E-state index contributed by atoms with van der Waals surface area (Å²) in [6.07, 6.45) is 0. The maximum Gasteiger partial charge on any atom is 0.246 e. The molecule has 2 aromatic rings. The molecule has 1 aromatic carbocycles. The molecular formula is C20H26FN5O4S. The Morgan fingerprint density at radius 1 is 1.00 bits per heavy atom. The summed E-state index contributed by atoms with van der Waals surface area (Å²) >= 11 is 0. The van der Waals surface area contributed by atoms with Gasteiger partial charge in [0.2, 0.25) is 16.0 Å². The molecule has 0 aliphatic carbocycles. The molecule has 0 spiro atoms. The summed E-state index contributed by atoms with van der Waals surface area (Å²) in [7, 11) is -2.51. The van der Waals surface area contributed by atoms with Gasteiger partial charge in [0.25, 0.3) is 0 Å². The number of aromatic nitrogens is 2. The highest BCUT2D eigenvalue weighted by atomic mass is 32.2. The predicted octanol–water partition coefficient (Wildman–Crippen LogP) is 1.28. The average Bonchev–Trinajstić information content (AvgIpc) is 2.79. The summed E-state index contributed by atoms with van der Waals surface area (Å²) in [6.45, 7) is 6.15. The molecule has 2 fully saturated rings. The van der Waals surface area contributed by atoms with E-state index in [1.807, 2.05) is 17.9 Å². The van der Waals surface area contributed by atoms with Crippen molar-refractivity contribution in [3.8, 4) is 5.75 Å². The van der Waals surface area contributed by atoms with Crippen LogP contribution in [0, 0.1) is 12.7 Å². The van der Waals surface area contributed by atoms with Crippen LogP contribution in [0.2, 0.25) is 0 Å². The largest absolute Gasteiger partial charge is 0.495 e. The fourth-order valence-corrected chi connectivity index (χ4v) is 5.34. The minimum absolute atomic E-state index is 0.130. The maximum absolute atomic E-state index is 13.7. The minimum Gasteiger partial charge on any atom is -0.495 e. The first-order valence-corrected chi connectivity index (χ1v) is 11.6. The van der Waals surface area contributed by atoms with Gasteiger partial charge in [0.05, 0.1) is 20.3 Å². The molecule has 3 heterocycles. The van der Waals surface area contributed by atoms with Gasteiger partial charge >= 0.3 is 0 Å². The zero-order valence-corrected chi connectivity index (χ0v) is 18.4. The number of methoxy groups -OCH3 is 1. The van der Waals surface area contributed by atoms with Crippen LogP contribution in [0.15, 0.2) is 29.2 Å². The van der Waals surface area contributed by atoms with E-state index in [-0.39, 0.29) is 23.7 Å². The van der Waals surface area contributed by atoms with E-state index in [1.54, 1.807) is 0 Å². The van der Waals surface area contributed by atoms with Gasteiger partial charge in [-0.05, 0) is 25.1 Å². The van der Waals surface area contributed by atoms with Crippen LogP contribution < -0.4 is 14.5 Å². The van der Waals surface area contributed by atoms with Gasteiger partial charge in [0.15, 0.2) is 0 Å². The van der Waals surface area contributed by atoms with Crippen molar-refractivity contribution in [2.24, 2.45) is 0 Å². The Balaban J connectivity index is 1.50. The van der Waals surface area contributed by atoms with Gasteiger partial charge in [-0.3, -0.25) is 0 Å². The summed E-state index contributed by atoms with van der Waals surface area (Å²) in [4.78, 5) is 13.3. The van der Waals surface area contributed by atoms with E-state index < -0.39 is 15.8 Å². The van der Waals surface area contributed by atoms with Gasteiger partial charge in [-0.15, -0.1) is 0 Å². The quantitative estimate of drug-likeness (QED) is 0.672. The Bertz CT molecular complexity index is 1040. The fraction of sp³-hybridized carbons (Fsp3) is 0.500. The van der Waals surface area contributed by atoms with Crippen LogP contribution in [-0.4, -0.2) is 82.3 Å². The van der Waals surface area contributed by atoms with E-state index in [0.29, 0.717) is 32.3 Å². The Morgan fingerprint density at radius 2 is 1.71 bits per heavy atom. The molecule has 0 atom stereocenters. The number of anilines is 2. The van der Waals surface area contributed by atoms with Crippen LogP contribution >= 0.6 is 0 Å². The summed E-state index contributed by atoms with van der Waals surface area (Å²) in [5, 5.41) is 0. The Kier molecular flexibility index (Phi) is 6.26. The molecule has 2 aliphatic heterocycles. The number of aryl methyl sites for hydroxylation is 1. The van der Waals surface area contributed by atoms with E-state index in [9.17, 15) is 12.8 Å². The molecule has 11 heteroatoms. The highest BCUT2D eigenvalue weighted by Crippen LogP contribution is 2.29. The lowest BCUT2D eigenvalue weighted by molar-refractivity contribution is 0.122. The van der Waals surface area contributed by atoms with Crippen LogP contribution in [0.3, 0.4) is 0 Å². The second-order valence-corrected chi connectivity index (χ2v) is 9.36. The van der Waals surface area contributed by atoms with E-state index in [1.165, 1.54) is 23.5 Å². The van der Waals surface area contributed by atoms with Crippen LogP contribution in [-0.2, 0) is 14.8 Å². The molecule has 9 nitrogen and oxygen atoms in total. The van der Waals surface area contributed by atoms with Gasteiger partial charge in [-0.25, -0.2) is 17.8 Å². The average molecular weight is 452 g/mol. The summed E-state index contributed by atoms with van der Waals surface area (Å²) in [6, 6.07) is 5.42. The lowest BCUT2D eigenvalue weighted by Crippen LogP contribution is -2.49. The first-order valence-electron chi connectivity index (χ1n) is 10.2. The summed E-state index contributed by atoms with van der Waals surface area (Å²) < 4.78 is 51.8. The smallest absolute Gasteiger partial charge is 0.246 e. The van der Waals surface area contributed by atoms with Crippen molar-refractivity contribution >= 4 is 21.8 Å². The van der Waals surface area contributed by atoms with E-state index in [4.69, 9.17) is 14.5 Å². The van der Waals surface area contributed by atoms with Gasteiger partial charge in [0, 0.05) is 51.0 Å². The van der Waals surface area contributed by atoms with Crippen molar-refractivity contribution in [2.75, 3.05) is 69.4 Å². The molecule has 0 unspecified atom stereocenters. The third-order valence-corrected chi connectivity index (χ3v) is 7.35. The number of nitrogens with zero attached hydrogens (tertiary/aromatic N) is 5. The standard InChI is InChI=1S/C20H26FN5O4S/c1-15-13-19(23-20(22-15)25-9-11-30-12-10-25)24-5-7-26(8-6-24)31(27,28)18-14-16(21)3-4-17(18)29-2/h3-4,13-14H,5-12H2,1-2H3. The minimum atomic E-state index is -3.88. The molecular weight excluding hydrogens is 425 g/mol. The number of hydrogen-bond acceptors (Lipinski definition) is 8. The number of piperazine rings is 1. The van der Waals surface area contributed by atoms with Gasteiger partial charge in [-0.1, -0.05) is 0 Å². The zero-order chi connectivity index (χ0) is 22.0. The number of halogens is 1. The molecule has 2 aliphatic rings. The Morgan fingerprint density at radius 3 is 2.39 bits per heavy atom. The van der Waals surface area contributed by atoms with Crippen LogP contribution in [0.5, 0.6) is 5.75 Å². The molecule has 0 radical (unpaired) electrons. The SMILES string of the molecule is COc1ccc(F)cc1S(=O)(=O)N1CCN(c2cc(C)nc(N3CCOCC3)n2)CC1. The number of hydrogen-bond donors (Lipinski definition) is 0. The summed E-state index contributed by atoms with van der Waals surface area (Å²) in [5.74, 6) is 0.947. The molecule has 1 aromatic heterocycles. The number of sulfonamides is 1. The Hall–Kier alpha value is -2.50. The van der Waals surface area contributed by atoms with Crippen molar-refractivity contribution in [2.45, 2.75) is 11.8 Å². The van der Waals surface area contributed by atoms with Gasteiger partial charge < -0.3 is 19.3 Å². The first kappa shape index (κ1) is 21.7. The zero-order valence-electron chi connectivity index (χ0n) is 17.6. The van der Waals surface area contributed by atoms with Crippen molar-refractivity contribution in [3.63, 3.8) is 0 Å². The van der Waals surface area contributed by atoms with Crippen molar-refractivity contribution in [1.82, 2.24) is 14.3 Å². The maximum atomic E-state index is 13.7. The second kappa shape index (κ2) is 8.93. The number of rotatable bonds is 5. The lowest BCUT2D eigenvalue weighted by atomic mass is 10.3. The topological polar surface area (TPSA) is 88.1 Å². The number of ether oxygens (including phenoxy) is 2. The number of morpholine rings is 1. The molecule has 168 valence electrons. The fourth-order valence-electron chi connectivity index (χ4n) is 3.75. The molecule has 0 saturated carbocycles. The second-order valence-electron chi connectivity index (χ2n) is 7.45. The van der Waals surface area contributed by atoms with E-state index in [2.05, 4.69) is 9.88 Å². The molecule has 0 bridgehead atoms. The van der Waals surface area contributed by atoms with Crippen LogP contribution in [0.25, 0.3) is 0 Å². The Labute approximate surface area is 181 Å². The molecule has 2 saturated heterocycles. The highest BCUT2D eigenvalue weighted by molar-refractivity contribution is 7.89. The van der Waals surface area contributed by atoms with E-state index in [0.717, 1.165) is 30.7 Å². The normalized spacial score (nSPS) is 18.3. The predicted molar refractivity (Wildman–Crippen MR) is 114 cm³/mol. The van der Waals surface area contributed by atoms with Crippen molar-refractivity contribution in [1.29, 1.82) is 0 Å². The van der Waals surface area contributed by atoms with Gasteiger partial charge in [0.1, 0.15) is 22.3 Å². The molecule has 31 heavy (non-hydrogen) atoms.